The molecule has 3 heterocycles. The Labute approximate surface area is 254 Å². The summed E-state index contributed by atoms with van der Waals surface area (Å²) in [4.78, 5) is 19.5. The molecule has 0 bridgehead atoms. The normalized spacial score (nSPS) is 23.1. The first-order chi connectivity index (χ1) is 21.0. The van der Waals surface area contributed by atoms with Gasteiger partial charge in [0.15, 0.2) is 0 Å². The molecule has 3 aromatic carbocycles. The van der Waals surface area contributed by atoms with Crippen LogP contribution in [0.15, 0.2) is 128 Å². The maximum absolute atomic E-state index is 13.9. The van der Waals surface area contributed by atoms with Gasteiger partial charge in [0.2, 0.25) is 5.91 Å². The quantitative estimate of drug-likeness (QED) is 0.243. The molecule has 2 aliphatic heterocycles. The van der Waals surface area contributed by atoms with E-state index in [-0.39, 0.29) is 30.1 Å². The first-order valence-electron chi connectivity index (χ1n) is 15.3. The Kier molecular flexibility index (Phi) is 8.36. The van der Waals surface area contributed by atoms with Crippen LogP contribution in [-0.4, -0.2) is 46.5 Å². The van der Waals surface area contributed by atoms with Gasteiger partial charge < -0.3 is 25.8 Å². The van der Waals surface area contributed by atoms with Crippen molar-refractivity contribution in [1.29, 1.82) is 0 Å². The van der Waals surface area contributed by atoms with E-state index in [1.165, 1.54) is 16.5 Å². The first-order valence-corrected chi connectivity index (χ1v) is 15.3. The van der Waals surface area contributed by atoms with Crippen LogP contribution in [0, 0.1) is 0 Å². The van der Waals surface area contributed by atoms with Crippen molar-refractivity contribution in [2.45, 2.75) is 56.3 Å². The second-order valence-electron chi connectivity index (χ2n) is 11.8. The van der Waals surface area contributed by atoms with Gasteiger partial charge in [0, 0.05) is 47.2 Å². The molecule has 6 nitrogen and oxygen atoms in total. The minimum atomic E-state index is -0.288. The van der Waals surface area contributed by atoms with Crippen molar-refractivity contribution in [3.05, 3.63) is 145 Å². The molecule has 1 amide bonds. The van der Waals surface area contributed by atoms with Gasteiger partial charge in [0.05, 0.1) is 18.1 Å². The largest absolute Gasteiger partial charge is 0.379 e. The van der Waals surface area contributed by atoms with Crippen molar-refractivity contribution in [3.8, 4) is 0 Å². The fourth-order valence-electron chi connectivity index (χ4n) is 6.49. The Morgan fingerprint density at radius 1 is 0.698 bits per heavy atom. The number of benzene rings is 3. The van der Waals surface area contributed by atoms with Gasteiger partial charge in [-0.2, -0.15) is 0 Å². The number of H-pyrrole nitrogens is 1. The van der Waals surface area contributed by atoms with Crippen LogP contribution >= 0.6 is 0 Å². The Hall–Kier alpha value is -4.71. The molecule has 2 saturated heterocycles. The molecule has 0 radical (unpaired) electrons. The lowest BCUT2D eigenvalue weighted by Gasteiger charge is -2.38. The lowest BCUT2D eigenvalue weighted by Crippen LogP contribution is -2.54. The van der Waals surface area contributed by atoms with Gasteiger partial charge in [0.1, 0.15) is 6.04 Å². The summed E-state index contributed by atoms with van der Waals surface area (Å²) in [7, 11) is 0. The second-order valence-corrected chi connectivity index (χ2v) is 11.8. The smallest absolute Gasteiger partial charge is 0.243 e. The van der Waals surface area contributed by atoms with E-state index in [9.17, 15) is 4.79 Å². The molecule has 6 rings (SSSR count). The molecular formula is C37H41N5O. The number of amides is 1. The molecule has 4 N–H and O–H groups in total. The highest BCUT2D eigenvalue weighted by atomic mass is 16.2. The topological polar surface area (TPSA) is 72.2 Å². The van der Waals surface area contributed by atoms with Crippen LogP contribution in [0.2, 0.25) is 0 Å². The Bertz CT molecular complexity index is 1610. The van der Waals surface area contributed by atoms with Crippen molar-refractivity contribution in [2.24, 2.45) is 0 Å². The zero-order chi connectivity index (χ0) is 29.8. The molecule has 4 aromatic rings. The van der Waals surface area contributed by atoms with Gasteiger partial charge in [-0.3, -0.25) is 4.79 Å². The lowest BCUT2D eigenvalue weighted by molar-refractivity contribution is -0.125. The van der Waals surface area contributed by atoms with E-state index < -0.39 is 0 Å². The van der Waals surface area contributed by atoms with E-state index in [2.05, 4.69) is 106 Å². The van der Waals surface area contributed by atoms with E-state index >= 15 is 0 Å². The molecule has 2 fully saturated rings. The summed E-state index contributed by atoms with van der Waals surface area (Å²) in [6.07, 6.45) is 5.89. The molecule has 1 aromatic heterocycles. The molecule has 0 spiro atoms. The number of carbonyl (C=O) groups excluding carboxylic acids is 1. The van der Waals surface area contributed by atoms with Crippen LogP contribution < -0.4 is 16.0 Å². The van der Waals surface area contributed by atoms with Crippen molar-refractivity contribution < 1.29 is 4.79 Å². The fourth-order valence-corrected chi connectivity index (χ4v) is 6.49. The number of aromatic amines is 1. The zero-order valence-corrected chi connectivity index (χ0v) is 24.7. The van der Waals surface area contributed by atoms with Crippen LogP contribution in [0.1, 0.15) is 29.5 Å². The molecular weight excluding hydrogens is 530 g/mol. The van der Waals surface area contributed by atoms with E-state index in [1.54, 1.807) is 0 Å². The monoisotopic (exact) mass is 571 g/mol. The Balaban J connectivity index is 1.36. The number of hydrogen-bond donors (Lipinski definition) is 4. The molecule has 2 unspecified atom stereocenters. The molecule has 4 atom stereocenters. The number of para-hydroxylation sites is 1. The Morgan fingerprint density at radius 2 is 1.28 bits per heavy atom. The highest BCUT2D eigenvalue weighted by molar-refractivity contribution is 5.84. The average molecular weight is 572 g/mol. The predicted molar refractivity (Wildman–Crippen MR) is 175 cm³/mol. The van der Waals surface area contributed by atoms with Gasteiger partial charge in [-0.05, 0) is 48.4 Å². The second kappa shape index (κ2) is 12.7. The van der Waals surface area contributed by atoms with Crippen LogP contribution in [-0.2, 0) is 24.1 Å². The number of rotatable bonds is 6. The summed E-state index contributed by atoms with van der Waals surface area (Å²) in [5.74, 6) is 0.0218. The number of nitrogens with one attached hydrogen (secondary N) is 4. The summed E-state index contributed by atoms with van der Waals surface area (Å²) in [5.41, 5.74) is 7.21. The van der Waals surface area contributed by atoms with E-state index in [0.717, 1.165) is 54.0 Å². The number of carbonyl (C=O) groups is 1. The maximum atomic E-state index is 13.9. The fraction of sp³-hybridized carbons (Fsp3) is 0.270. The summed E-state index contributed by atoms with van der Waals surface area (Å²) >= 11 is 0. The SMILES string of the molecule is C=C1N[C@H](Cc2c[nH]c3ccccc23)C(=C)NC(Cc2ccccc2)C(=C)N2CCC[C@@H]2C(=O)NC1Cc1ccccc1. The third-order valence-corrected chi connectivity index (χ3v) is 8.87. The minimum Gasteiger partial charge on any atom is -0.379 e. The number of aromatic nitrogens is 1. The first kappa shape index (κ1) is 28.4. The third kappa shape index (κ3) is 6.38. The van der Waals surface area contributed by atoms with Crippen LogP contribution in [0.25, 0.3) is 10.9 Å². The van der Waals surface area contributed by atoms with Gasteiger partial charge in [0.25, 0.3) is 0 Å². The minimum absolute atomic E-state index is 0.0218. The average Bonchev–Trinajstić information content (AvgIpc) is 3.68. The number of fused-ring (bicyclic) bond motifs is 2. The summed E-state index contributed by atoms with van der Waals surface area (Å²) in [6.45, 7) is 14.4. The van der Waals surface area contributed by atoms with E-state index in [1.807, 2.05) is 30.3 Å². The van der Waals surface area contributed by atoms with Crippen LogP contribution in [0.5, 0.6) is 0 Å². The third-order valence-electron chi connectivity index (χ3n) is 8.87. The predicted octanol–water partition coefficient (Wildman–Crippen LogP) is 5.62. The summed E-state index contributed by atoms with van der Waals surface area (Å²) in [6, 6.07) is 28.2. The van der Waals surface area contributed by atoms with Crippen LogP contribution in [0.4, 0.5) is 0 Å². The van der Waals surface area contributed by atoms with Crippen molar-refractivity contribution in [2.75, 3.05) is 6.54 Å². The molecule has 6 heteroatoms. The maximum Gasteiger partial charge on any atom is 0.243 e. The number of hydrogen-bond acceptors (Lipinski definition) is 4. The highest BCUT2D eigenvalue weighted by Crippen LogP contribution is 2.28. The van der Waals surface area contributed by atoms with E-state index in [4.69, 9.17) is 0 Å². The highest BCUT2D eigenvalue weighted by Gasteiger charge is 2.36. The van der Waals surface area contributed by atoms with Crippen molar-refractivity contribution >= 4 is 16.8 Å². The summed E-state index contributed by atoms with van der Waals surface area (Å²) in [5, 5.41) is 12.0. The van der Waals surface area contributed by atoms with Gasteiger partial charge in [-0.25, -0.2) is 0 Å². The number of nitrogens with zero attached hydrogens (tertiary/aromatic N) is 1. The molecule has 2 aliphatic rings. The van der Waals surface area contributed by atoms with E-state index in [0.29, 0.717) is 12.8 Å². The lowest BCUT2D eigenvalue weighted by atomic mass is 9.97. The Morgan fingerprint density at radius 3 is 1.98 bits per heavy atom. The molecule has 0 saturated carbocycles. The van der Waals surface area contributed by atoms with Gasteiger partial charge in [-0.15, -0.1) is 0 Å². The molecule has 220 valence electrons. The van der Waals surface area contributed by atoms with Crippen molar-refractivity contribution in [1.82, 2.24) is 25.8 Å². The standard InChI is InChI=1S/C37H41N5O/c1-25-33(21-28-13-6-4-7-14-28)41-37(43)36-19-12-20-42(36)27(3)35(22-29-15-8-5-9-16-29)40-26(2)34(39-25)23-30-24-38-32-18-11-10-17-31(30)32/h4-11,13-18,24,33-36,38-40H,1-3,12,19-23H2,(H,41,43)/t33?,34-,35?,36-/m1/s1. The molecule has 0 aliphatic carbocycles. The van der Waals surface area contributed by atoms with Crippen molar-refractivity contribution in [3.63, 3.8) is 0 Å². The molecule has 43 heavy (non-hydrogen) atoms. The zero-order valence-electron chi connectivity index (χ0n) is 24.7. The summed E-state index contributed by atoms with van der Waals surface area (Å²) < 4.78 is 0. The van der Waals surface area contributed by atoms with Gasteiger partial charge in [-0.1, -0.05) is 98.6 Å². The van der Waals surface area contributed by atoms with Crippen LogP contribution in [0.3, 0.4) is 0 Å². The van der Waals surface area contributed by atoms with Gasteiger partial charge >= 0.3 is 0 Å².